The van der Waals surface area contributed by atoms with Crippen LogP contribution in [0.5, 0.6) is 0 Å². The van der Waals surface area contributed by atoms with Crippen molar-refractivity contribution >= 4 is 0 Å². The Morgan fingerprint density at radius 3 is 2.46 bits per heavy atom. The highest BCUT2D eigenvalue weighted by Gasteiger charge is 2.31. The lowest BCUT2D eigenvalue weighted by Gasteiger charge is -2.39. The van der Waals surface area contributed by atoms with Gasteiger partial charge in [-0.05, 0) is 19.3 Å². The molecule has 0 aliphatic carbocycles. The molecular formula is C10H21NO2. The molecule has 0 radical (unpaired) electrons. The van der Waals surface area contributed by atoms with Gasteiger partial charge in [-0.1, -0.05) is 13.8 Å². The molecule has 1 fully saturated rings. The summed E-state index contributed by atoms with van der Waals surface area (Å²) in [6, 6.07) is 0.477. The maximum absolute atomic E-state index is 9.02. The highest BCUT2D eigenvalue weighted by atomic mass is 16.5. The van der Waals surface area contributed by atoms with E-state index in [1.54, 1.807) is 0 Å². The zero-order valence-electron chi connectivity index (χ0n) is 8.68. The van der Waals surface area contributed by atoms with Crippen molar-refractivity contribution in [1.82, 2.24) is 5.32 Å². The van der Waals surface area contributed by atoms with Crippen LogP contribution in [0.4, 0.5) is 0 Å². The Kier molecular flexibility index (Phi) is 4.16. The highest BCUT2D eigenvalue weighted by molar-refractivity contribution is 4.90. The third-order valence-electron chi connectivity index (χ3n) is 2.64. The topological polar surface area (TPSA) is 41.5 Å². The third-order valence-corrected chi connectivity index (χ3v) is 2.64. The molecule has 1 heterocycles. The van der Waals surface area contributed by atoms with E-state index in [2.05, 4.69) is 19.2 Å². The molecule has 3 heteroatoms. The van der Waals surface area contributed by atoms with Crippen LogP contribution in [0.2, 0.25) is 0 Å². The molecule has 0 saturated carbocycles. The summed E-state index contributed by atoms with van der Waals surface area (Å²) in [7, 11) is 0. The van der Waals surface area contributed by atoms with E-state index in [0.717, 1.165) is 32.5 Å². The van der Waals surface area contributed by atoms with Crippen LogP contribution in [-0.4, -0.2) is 36.5 Å². The number of aliphatic hydroxyl groups excluding tert-OH is 1. The van der Waals surface area contributed by atoms with E-state index in [1.165, 1.54) is 0 Å². The fourth-order valence-corrected chi connectivity index (χ4v) is 2.06. The van der Waals surface area contributed by atoms with Crippen molar-refractivity contribution in [2.75, 3.05) is 19.8 Å². The number of nitrogens with one attached hydrogen (secondary N) is 1. The van der Waals surface area contributed by atoms with Crippen LogP contribution in [0.1, 0.15) is 33.1 Å². The molecule has 0 spiro atoms. The van der Waals surface area contributed by atoms with Crippen LogP contribution < -0.4 is 5.32 Å². The van der Waals surface area contributed by atoms with E-state index in [9.17, 15) is 0 Å². The summed E-state index contributed by atoms with van der Waals surface area (Å²) in [4.78, 5) is 0. The Morgan fingerprint density at radius 2 is 2.00 bits per heavy atom. The zero-order valence-corrected chi connectivity index (χ0v) is 8.68. The summed E-state index contributed by atoms with van der Waals surface area (Å²) in [5, 5.41) is 12.6. The van der Waals surface area contributed by atoms with Gasteiger partial charge in [0.25, 0.3) is 0 Å². The van der Waals surface area contributed by atoms with Crippen LogP contribution in [-0.2, 0) is 4.74 Å². The Balaban J connectivity index is 2.50. The fraction of sp³-hybridized carbons (Fsp3) is 1.00. The predicted octanol–water partition coefficient (Wildman–Crippen LogP) is 0.916. The van der Waals surface area contributed by atoms with E-state index in [0.29, 0.717) is 6.04 Å². The Morgan fingerprint density at radius 1 is 1.38 bits per heavy atom. The minimum Gasteiger partial charge on any atom is -0.396 e. The SMILES string of the molecule is CC(C)NC1(CCO)CCOCC1. The van der Waals surface area contributed by atoms with Crippen LogP contribution in [0.25, 0.3) is 0 Å². The Labute approximate surface area is 80.5 Å². The van der Waals surface area contributed by atoms with E-state index in [-0.39, 0.29) is 12.1 Å². The maximum Gasteiger partial charge on any atom is 0.0483 e. The molecule has 0 aromatic rings. The highest BCUT2D eigenvalue weighted by Crippen LogP contribution is 2.24. The van der Waals surface area contributed by atoms with E-state index < -0.39 is 0 Å². The van der Waals surface area contributed by atoms with Crippen molar-refractivity contribution in [3.05, 3.63) is 0 Å². The summed E-state index contributed by atoms with van der Waals surface area (Å²) in [6.45, 7) is 6.20. The fourth-order valence-electron chi connectivity index (χ4n) is 2.06. The lowest BCUT2D eigenvalue weighted by Crippen LogP contribution is -2.52. The number of hydrogen-bond donors (Lipinski definition) is 2. The van der Waals surface area contributed by atoms with Crippen molar-refractivity contribution in [3.63, 3.8) is 0 Å². The first-order chi connectivity index (χ1) is 6.18. The third kappa shape index (κ3) is 3.25. The summed E-state index contributed by atoms with van der Waals surface area (Å²) < 4.78 is 5.33. The van der Waals surface area contributed by atoms with Crippen LogP contribution in [0.3, 0.4) is 0 Å². The minimum absolute atomic E-state index is 0.126. The summed E-state index contributed by atoms with van der Waals surface area (Å²) in [5.74, 6) is 0. The molecule has 0 bridgehead atoms. The molecule has 3 nitrogen and oxygen atoms in total. The van der Waals surface area contributed by atoms with E-state index in [1.807, 2.05) is 0 Å². The molecule has 78 valence electrons. The number of ether oxygens (including phenoxy) is 1. The molecule has 13 heavy (non-hydrogen) atoms. The predicted molar refractivity (Wildman–Crippen MR) is 52.8 cm³/mol. The van der Waals surface area contributed by atoms with Crippen LogP contribution >= 0.6 is 0 Å². The van der Waals surface area contributed by atoms with Crippen molar-refractivity contribution in [2.24, 2.45) is 0 Å². The van der Waals surface area contributed by atoms with Gasteiger partial charge < -0.3 is 15.2 Å². The Bertz CT molecular complexity index is 136. The summed E-state index contributed by atoms with van der Waals surface area (Å²) in [6.07, 6.45) is 2.88. The average Bonchev–Trinajstić information content (AvgIpc) is 2.04. The van der Waals surface area contributed by atoms with E-state index in [4.69, 9.17) is 9.84 Å². The first-order valence-corrected chi connectivity index (χ1v) is 5.15. The monoisotopic (exact) mass is 187 g/mol. The number of hydrogen-bond acceptors (Lipinski definition) is 3. The van der Waals surface area contributed by atoms with Crippen molar-refractivity contribution in [3.8, 4) is 0 Å². The molecule has 0 aromatic heterocycles. The smallest absolute Gasteiger partial charge is 0.0483 e. The first kappa shape index (κ1) is 11.0. The first-order valence-electron chi connectivity index (χ1n) is 5.15. The molecule has 0 unspecified atom stereocenters. The molecule has 2 N–H and O–H groups in total. The summed E-state index contributed by atoms with van der Waals surface area (Å²) in [5.41, 5.74) is 0.126. The molecule has 1 saturated heterocycles. The lowest BCUT2D eigenvalue weighted by molar-refractivity contribution is 0.0241. The summed E-state index contributed by atoms with van der Waals surface area (Å²) >= 11 is 0. The Hall–Kier alpha value is -0.120. The maximum atomic E-state index is 9.02. The van der Waals surface area contributed by atoms with Crippen molar-refractivity contribution < 1.29 is 9.84 Å². The van der Waals surface area contributed by atoms with Gasteiger partial charge >= 0.3 is 0 Å². The molecule has 1 aliphatic rings. The lowest BCUT2D eigenvalue weighted by atomic mass is 9.86. The molecular weight excluding hydrogens is 166 g/mol. The van der Waals surface area contributed by atoms with Crippen LogP contribution in [0.15, 0.2) is 0 Å². The second-order valence-electron chi connectivity index (χ2n) is 4.17. The second-order valence-corrected chi connectivity index (χ2v) is 4.17. The van der Waals surface area contributed by atoms with Gasteiger partial charge in [-0.2, -0.15) is 0 Å². The average molecular weight is 187 g/mol. The largest absolute Gasteiger partial charge is 0.396 e. The van der Waals surface area contributed by atoms with Gasteiger partial charge in [0.15, 0.2) is 0 Å². The molecule has 0 atom stereocenters. The number of aliphatic hydroxyl groups is 1. The number of rotatable bonds is 4. The normalized spacial score (nSPS) is 22.2. The van der Waals surface area contributed by atoms with Gasteiger partial charge in [0.05, 0.1) is 0 Å². The van der Waals surface area contributed by atoms with Gasteiger partial charge in [-0.25, -0.2) is 0 Å². The minimum atomic E-state index is 0.126. The zero-order chi connectivity index (χ0) is 9.73. The van der Waals surface area contributed by atoms with Crippen LogP contribution in [0, 0.1) is 0 Å². The van der Waals surface area contributed by atoms with Gasteiger partial charge in [-0.15, -0.1) is 0 Å². The molecule has 1 aliphatic heterocycles. The standard InChI is InChI=1S/C10H21NO2/c1-9(2)11-10(3-6-12)4-7-13-8-5-10/h9,11-12H,3-8H2,1-2H3. The molecule has 1 rings (SSSR count). The van der Waals surface area contributed by atoms with Gasteiger partial charge in [0.1, 0.15) is 0 Å². The van der Waals surface area contributed by atoms with Gasteiger partial charge in [0, 0.05) is 31.4 Å². The van der Waals surface area contributed by atoms with Gasteiger partial charge in [0.2, 0.25) is 0 Å². The second kappa shape index (κ2) is 4.94. The van der Waals surface area contributed by atoms with E-state index >= 15 is 0 Å². The van der Waals surface area contributed by atoms with Gasteiger partial charge in [-0.3, -0.25) is 0 Å². The molecule has 0 amide bonds. The van der Waals surface area contributed by atoms with Crippen molar-refractivity contribution in [2.45, 2.75) is 44.7 Å². The molecule has 0 aromatic carbocycles. The van der Waals surface area contributed by atoms with Crippen molar-refractivity contribution in [1.29, 1.82) is 0 Å². The quantitative estimate of drug-likeness (QED) is 0.687.